The lowest BCUT2D eigenvalue weighted by molar-refractivity contribution is -0.112. The Kier molecular flexibility index (Phi) is 3.55. The van der Waals surface area contributed by atoms with Crippen LogP contribution in [-0.4, -0.2) is 36.8 Å². The van der Waals surface area contributed by atoms with Crippen LogP contribution in [0.1, 0.15) is 33.6 Å². The van der Waals surface area contributed by atoms with Crippen LogP contribution in [0, 0.1) is 5.92 Å². The second-order valence-electron chi connectivity index (χ2n) is 4.99. The van der Waals surface area contributed by atoms with E-state index in [1.807, 2.05) is 0 Å². The van der Waals surface area contributed by atoms with Crippen molar-refractivity contribution in [3.05, 3.63) is 0 Å². The predicted molar refractivity (Wildman–Crippen MR) is 59.0 cm³/mol. The summed E-state index contributed by atoms with van der Waals surface area (Å²) in [6.07, 6.45) is 2.23. The molecule has 1 aliphatic heterocycles. The molecule has 0 aliphatic carbocycles. The number of rotatable bonds is 2. The number of hydrogen-bond acceptors (Lipinski definition) is 3. The van der Waals surface area contributed by atoms with Crippen LogP contribution in [0.15, 0.2) is 0 Å². The Morgan fingerprint density at radius 2 is 1.67 bits per heavy atom. The molecule has 0 saturated carbocycles. The summed E-state index contributed by atoms with van der Waals surface area (Å²) in [5.41, 5.74) is 0. The van der Waals surface area contributed by atoms with Crippen LogP contribution in [0.2, 0.25) is 0 Å². The first kappa shape index (κ1) is 12.6. The van der Waals surface area contributed by atoms with Gasteiger partial charge in [-0.2, -0.15) is 0 Å². The molecule has 1 rings (SSSR count). The number of carbonyl (C=O) groups is 1. The van der Waals surface area contributed by atoms with Crippen molar-refractivity contribution >= 4 is 16.3 Å². The number of carbonyl (C=O) groups excluding carboxylic acids is 1. The topological polar surface area (TPSA) is 54.5 Å². The fourth-order valence-electron chi connectivity index (χ4n) is 1.64. The maximum absolute atomic E-state index is 12.0. The van der Waals surface area contributed by atoms with Crippen molar-refractivity contribution in [2.75, 3.05) is 13.1 Å². The molecule has 4 nitrogen and oxygen atoms in total. The molecule has 0 amide bonds. The van der Waals surface area contributed by atoms with Crippen LogP contribution in [0.3, 0.4) is 0 Å². The summed E-state index contributed by atoms with van der Waals surface area (Å²) in [4.78, 5) is 10.5. The lowest BCUT2D eigenvalue weighted by Crippen LogP contribution is -2.46. The van der Waals surface area contributed by atoms with E-state index in [2.05, 4.69) is 0 Å². The molecule has 0 aromatic rings. The molecule has 1 saturated heterocycles. The molecule has 1 fully saturated rings. The zero-order valence-corrected chi connectivity index (χ0v) is 10.4. The Morgan fingerprint density at radius 3 is 2.00 bits per heavy atom. The van der Waals surface area contributed by atoms with Crippen LogP contribution >= 0.6 is 0 Å². The highest BCUT2D eigenvalue weighted by molar-refractivity contribution is 7.90. The number of piperidine rings is 1. The minimum absolute atomic E-state index is 0.0384. The first-order valence-electron chi connectivity index (χ1n) is 5.24. The Balaban J connectivity index is 2.73. The number of nitrogens with zero attached hydrogens (tertiary/aromatic N) is 1. The molecule has 88 valence electrons. The average Bonchev–Trinajstić information content (AvgIpc) is 2.16. The number of aldehydes is 1. The van der Waals surface area contributed by atoms with E-state index in [1.165, 1.54) is 4.31 Å². The van der Waals surface area contributed by atoms with Crippen molar-refractivity contribution in [1.29, 1.82) is 0 Å². The van der Waals surface area contributed by atoms with E-state index < -0.39 is 14.8 Å². The Labute approximate surface area is 91.7 Å². The lowest BCUT2D eigenvalue weighted by atomic mass is 10.0. The van der Waals surface area contributed by atoms with Gasteiger partial charge in [-0.3, -0.25) is 0 Å². The van der Waals surface area contributed by atoms with Gasteiger partial charge in [-0.1, -0.05) is 0 Å². The minimum Gasteiger partial charge on any atom is -0.303 e. The summed E-state index contributed by atoms with van der Waals surface area (Å²) in [6.45, 7) is 6.06. The highest BCUT2D eigenvalue weighted by atomic mass is 32.2. The zero-order chi connectivity index (χ0) is 11.7. The minimum atomic E-state index is -3.21. The molecule has 0 aromatic heterocycles. The monoisotopic (exact) mass is 233 g/mol. The third-order valence-corrected chi connectivity index (χ3v) is 5.40. The molecule has 0 radical (unpaired) electrons. The highest BCUT2D eigenvalue weighted by Gasteiger charge is 2.36. The maximum atomic E-state index is 12.0. The molecule has 5 heteroatoms. The van der Waals surface area contributed by atoms with E-state index in [0.29, 0.717) is 25.9 Å². The molecule has 0 atom stereocenters. The number of sulfonamides is 1. The summed E-state index contributed by atoms with van der Waals surface area (Å²) in [6, 6.07) is 0. The highest BCUT2D eigenvalue weighted by Crippen LogP contribution is 2.25. The maximum Gasteiger partial charge on any atom is 0.219 e. The van der Waals surface area contributed by atoms with Crippen molar-refractivity contribution in [3.8, 4) is 0 Å². The van der Waals surface area contributed by atoms with Crippen LogP contribution < -0.4 is 0 Å². The predicted octanol–water partition coefficient (Wildman–Crippen LogP) is 1.03. The molecular formula is C10H19NO3S. The van der Waals surface area contributed by atoms with Crippen molar-refractivity contribution in [3.63, 3.8) is 0 Å². The first-order valence-corrected chi connectivity index (χ1v) is 6.68. The van der Waals surface area contributed by atoms with Crippen molar-refractivity contribution in [1.82, 2.24) is 4.31 Å². The van der Waals surface area contributed by atoms with Crippen molar-refractivity contribution in [2.45, 2.75) is 38.4 Å². The van der Waals surface area contributed by atoms with Gasteiger partial charge in [-0.05, 0) is 33.6 Å². The molecule has 1 heterocycles. The van der Waals surface area contributed by atoms with Gasteiger partial charge in [0.25, 0.3) is 0 Å². The Morgan fingerprint density at radius 1 is 1.20 bits per heavy atom. The van der Waals surface area contributed by atoms with Gasteiger partial charge in [0, 0.05) is 19.0 Å². The van der Waals surface area contributed by atoms with Crippen molar-refractivity contribution in [2.24, 2.45) is 5.92 Å². The van der Waals surface area contributed by atoms with Crippen LogP contribution in [0.5, 0.6) is 0 Å². The summed E-state index contributed by atoms with van der Waals surface area (Å²) >= 11 is 0. The van der Waals surface area contributed by atoms with Gasteiger partial charge < -0.3 is 4.79 Å². The largest absolute Gasteiger partial charge is 0.303 e. The zero-order valence-electron chi connectivity index (χ0n) is 9.56. The van der Waals surface area contributed by atoms with E-state index in [-0.39, 0.29) is 5.92 Å². The standard InChI is InChI=1S/C10H19NO3S/c1-10(2,3)15(13,14)11-6-4-9(8-12)5-7-11/h8-9H,4-7H2,1-3H3. The molecule has 0 aromatic carbocycles. The first-order chi connectivity index (χ1) is 6.79. The molecule has 0 N–H and O–H groups in total. The third-order valence-electron chi connectivity index (χ3n) is 2.80. The van der Waals surface area contributed by atoms with Crippen LogP contribution in [0.25, 0.3) is 0 Å². The fraction of sp³-hybridized carbons (Fsp3) is 0.900. The smallest absolute Gasteiger partial charge is 0.219 e. The summed E-state index contributed by atoms with van der Waals surface area (Å²) < 4.78 is 24.8. The Bertz CT molecular complexity index is 321. The van der Waals surface area contributed by atoms with E-state index in [9.17, 15) is 13.2 Å². The second kappa shape index (κ2) is 4.22. The fourth-order valence-corrected chi connectivity index (χ4v) is 3.11. The summed E-state index contributed by atoms with van der Waals surface area (Å²) in [5.74, 6) is 0.0384. The van der Waals surface area contributed by atoms with Crippen molar-refractivity contribution < 1.29 is 13.2 Å². The van der Waals surface area contributed by atoms with E-state index >= 15 is 0 Å². The van der Waals surface area contributed by atoms with Crippen LogP contribution in [-0.2, 0) is 14.8 Å². The van der Waals surface area contributed by atoms with E-state index in [0.717, 1.165) is 6.29 Å². The molecule has 0 unspecified atom stereocenters. The van der Waals surface area contributed by atoms with Gasteiger partial charge in [-0.15, -0.1) is 0 Å². The van der Waals surface area contributed by atoms with E-state index in [4.69, 9.17) is 0 Å². The average molecular weight is 233 g/mol. The number of hydrogen-bond donors (Lipinski definition) is 0. The normalized spacial score (nSPS) is 21.5. The Hall–Kier alpha value is -0.420. The lowest BCUT2D eigenvalue weighted by Gasteiger charge is -2.33. The van der Waals surface area contributed by atoms with E-state index in [1.54, 1.807) is 20.8 Å². The van der Waals surface area contributed by atoms with Gasteiger partial charge in [0.2, 0.25) is 10.0 Å². The molecule has 0 spiro atoms. The second-order valence-corrected chi connectivity index (χ2v) is 7.68. The molecule has 0 bridgehead atoms. The molecular weight excluding hydrogens is 214 g/mol. The van der Waals surface area contributed by atoms with Gasteiger partial charge >= 0.3 is 0 Å². The van der Waals surface area contributed by atoms with Gasteiger partial charge in [0.05, 0.1) is 4.75 Å². The quantitative estimate of drug-likeness (QED) is 0.669. The summed E-state index contributed by atoms with van der Waals surface area (Å²) in [5, 5.41) is 0. The SMILES string of the molecule is CC(C)(C)S(=O)(=O)N1CCC(C=O)CC1. The molecule has 1 aliphatic rings. The molecule has 15 heavy (non-hydrogen) atoms. The van der Waals surface area contributed by atoms with Gasteiger partial charge in [-0.25, -0.2) is 12.7 Å². The van der Waals surface area contributed by atoms with Gasteiger partial charge in [0.1, 0.15) is 6.29 Å². The third kappa shape index (κ3) is 2.58. The van der Waals surface area contributed by atoms with Gasteiger partial charge in [0.15, 0.2) is 0 Å². The van der Waals surface area contributed by atoms with Crippen LogP contribution in [0.4, 0.5) is 0 Å². The summed E-state index contributed by atoms with van der Waals surface area (Å²) in [7, 11) is -3.21.